The number of ether oxygens (including phenoxy) is 1. The van der Waals surface area contributed by atoms with E-state index in [2.05, 4.69) is 5.10 Å². The van der Waals surface area contributed by atoms with Crippen LogP contribution in [0.4, 0.5) is 0 Å². The van der Waals surface area contributed by atoms with Gasteiger partial charge in [0, 0.05) is 21.2 Å². The standard InChI is InChI=1S/C20H14Cl2N2O2/c1-26-18-5-4-12-6-14(3-2-13(12)9-18)20-11-19(23-24(20)25)15-7-16(21)10-17(22)8-15/h2-11,25H,1H3. The van der Waals surface area contributed by atoms with E-state index >= 15 is 0 Å². The first-order valence-corrected chi connectivity index (χ1v) is 8.63. The van der Waals surface area contributed by atoms with Crippen LogP contribution >= 0.6 is 23.2 Å². The molecule has 6 heteroatoms. The smallest absolute Gasteiger partial charge is 0.119 e. The van der Waals surface area contributed by atoms with Gasteiger partial charge >= 0.3 is 0 Å². The minimum absolute atomic E-state index is 0.515. The molecule has 0 saturated heterocycles. The van der Waals surface area contributed by atoms with Gasteiger partial charge in [-0.1, -0.05) is 41.4 Å². The maximum atomic E-state index is 10.3. The van der Waals surface area contributed by atoms with Crippen molar-refractivity contribution in [3.8, 4) is 28.3 Å². The molecule has 0 fully saturated rings. The van der Waals surface area contributed by atoms with Crippen molar-refractivity contribution in [2.45, 2.75) is 0 Å². The highest BCUT2D eigenvalue weighted by atomic mass is 35.5. The topological polar surface area (TPSA) is 47.3 Å². The van der Waals surface area contributed by atoms with Gasteiger partial charge < -0.3 is 9.94 Å². The zero-order valence-corrected chi connectivity index (χ0v) is 15.3. The number of halogens is 2. The van der Waals surface area contributed by atoms with Crippen molar-refractivity contribution in [1.29, 1.82) is 0 Å². The third-order valence-electron chi connectivity index (χ3n) is 4.19. The highest BCUT2D eigenvalue weighted by Crippen LogP contribution is 2.31. The van der Waals surface area contributed by atoms with Crippen LogP contribution in [-0.2, 0) is 0 Å². The lowest BCUT2D eigenvalue weighted by Gasteiger charge is -2.05. The predicted octanol–water partition coefficient (Wildman–Crippen LogP) is 5.92. The van der Waals surface area contributed by atoms with Gasteiger partial charge in [0.1, 0.15) is 11.4 Å². The van der Waals surface area contributed by atoms with Crippen LogP contribution in [0.1, 0.15) is 0 Å². The van der Waals surface area contributed by atoms with Gasteiger partial charge in [-0.2, -0.15) is 0 Å². The van der Waals surface area contributed by atoms with Gasteiger partial charge in [0.15, 0.2) is 0 Å². The Morgan fingerprint density at radius 2 is 1.54 bits per heavy atom. The number of fused-ring (bicyclic) bond motifs is 1. The summed E-state index contributed by atoms with van der Waals surface area (Å²) in [5.74, 6) is 0.803. The van der Waals surface area contributed by atoms with Crippen LogP contribution in [0.3, 0.4) is 0 Å². The van der Waals surface area contributed by atoms with Crippen molar-refractivity contribution >= 4 is 34.0 Å². The molecule has 4 nitrogen and oxygen atoms in total. The van der Waals surface area contributed by atoms with E-state index in [-0.39, 0.29) is 0 Å². The van der Waals surface area contributed by atoms with Gasteiger partial charge in [-0.3, -0.25) is 0 Å². The number of aromatic nitrogens is 2. The molecule has 0 spiro atoms. The van der Waals surface area contributed by atoms with Gasteiger partial charge in [-0.05, 0) is 53.2 Å². The molecule has 4 aromatic rings. The molecule has 26 heavy (non-hydrogen) atoms. The van der Waals surface area contributed by atoms with Gasteiger partial charge in [-0.25, -0.2) is 0 Å². The van der Waals surface area contributed by atoms with E-state index in [1.54, 1.807) is 31.4 Å². The van der Waals surface area contributed by atoms with E-state index in [4.69, 9.17) is 27.9 Å². The van der Waals surface area contributed by atoms with Crippen LogP contribution in [0.5, 0.6) is 5.75 Å². The highest BCUT2D eigenvalue weighted by Gasteiger charge is 2.13. The molecule has 0 aliphatic rings. The molecule has 0 amide bonds. The first kappa shape index (κ1) is 16.8. The summed E-state index contributed by atoms with van der Waals surface area (Å²) in [5.41, 5.74) is 2.75. The summed E-state index contributed by atoms with van der Waals surface area (Å²) in [7, 11) is 1.64. The van der Waals surface area contributed by atoms with E-state index in [0.717, 1.165) is 32.5 Å². The molecule has 1 N–H and O–H groups in total. The first-order valence-electron chi connectivity index (χ1n) is 7.87. The molecule has 0 atom stereocenters. The number of hydrogen-bond donors (Lipinski definition) is 1. The summed E-state index contributed by atoms with van der Waals surface area (Å²) < 4.78 is 5.25. The van der Waals surface area contributed by atoms with Crippen molar-refractivity contribution < 1.29 is 9.94 Å². The molecule has 0 aliphatic heterocycles. The quantitative estimate of drug-likeness (QED) is 0.445. The molecule has 0 unspecified atom stereocenters. The van der Waals surface area contributed by atoms with E-state index in [9.17, 15) is 5.21 Å². The SMILES string of the molecule is COc1ccc2cc(-c3cc(-c4cc(Cl)cc(Cl)c4)nn3O)ccc2c1. The Bertz CT molecular complexity index is 1100. The maximum absolute atomic E-state index is 10.3. The molecule has 0 saturated carbocycles. The number of benzene rings is 3. The fourth-order valence-corrected chi connectivity index (χ4v) is 3.45. The van der Waals surface area contributed by atoms with Crippen LogP contribution in [0.15, 0.2) is 60.7 Å². The third kappa shape index (κ3) is 3.09. The zero-order chi connectivity index (χ0) is 18.3. The van der Waals surface area contributed by atoms with Crippen molar-refractivity contribution in [2.24, 2.45) is 0 Å². The summed E-state index contributed by atoms with van der Waals surface area (Å²) in [6.07, 6.45) is 0. The van der Waals surface area contributed by atoms with E-state index in [1.165, 1.54) is 0 Å². The van der Waals surface area contributed by atoms with Crippen LogP contribution in [0, 0.1) is 0 Å². The Balaban J connectivity index is 1.78. The number of methoxy groups -OCH3 is 1. The Kier molecular flexibility index (Phi) is 4.23. The Morgan fingerprint density at radius 1 is 0.846 bits per heavy atom. The third-order valence-corrected chi connectivity index (χ3v) is 4.63. The molecular formula is C20H14Cl2N2O2. The molecule has 0 radical (unpaired) electrons. The van der Waals surface area contributed by atoms with E-state index in [1.807, 2.05) is 36.4 Å². The maximum Gasteiger partial charge on any atom is 0.119 e. The van der Waals surface area contributed by atoms with Crippen molar-refractivity contribution in [2.75, 3.05) is 7.11 Å². The average molecular weight is 385 g/mol. The lowest BCUT2D eigenvalue weighted by molar-refractivity contribution is 0.154. The summed E-state index contributed by atoms with van der Waals surface area (Å²) in [4.78, 5) is 0.870. The monoisotopic (exact) mass is 384 g/mol. The second-order valence-electron chi connectivity index (χ2n) is 5.89. The zero-order valence-electron chi connectivity index (χ0n) is 13.8. The minimum Gasteiger partial charge on any atom is -0.497 e. The lowest BCUT2D eigenvalue weighted by atomic mass is 10.0. The van der Waals surface area contributed by atoms with Gasteiger partial charge in [0.25, 0.3) is 0 Å². The largest absolute Gasteiger partial charge is 0.497 e. The molecule has 1 aromatic heterocycles. The number of hydrogen-bond acceptors (Lipinski definition) is 3. The first-order chi connectivity index (χ1) is 12.5. The normalized spacial score (nSPS) is 11.0. The predicted molar refractivity (Wildman–Crippen MR) is 104 cm³/mol. The van der Waals surface area contributed by atoms with Crippen molar-refractivity contribution in [1.82, 2.24) is 9.94 Å². The average Bonchev–Trinajstić information content (AvgIpc) is 3.02. The van der Waals surface area contributed by atoms with Crippen LogP contribution in [0.25, 0.3) is 33.3 Å². The van der Waals surface area contributed by atoms with Crippen LogP contribution in [-0.4, -0.2) is 22.3 Å². The lowest BCUT2D eigenvalue weighted by Crippen LogP contribution is -1.95. The fraction of sp³-hybridized carbons (Fsp3) is 0.0500. The van der Waals surface area contributed by atoms with Crippen LogP contribution < -0.4 is 4.74 Å². The second-order valence-corrected chi connectivity index (χ2v) is 6.76. The second kappa shape index (κ2) is 6.56. The summed E-state index contributed by atoms with van der Waals surface area (Å²) in [5, 5.41) is 17.6. The van der Waals surface area contributed by atoms with Gasteiger partial charge in [0.05, 0.1) is 12.8 Å². The van der Waals surface area contributed by atoms with Crippen molar-refractivity contribution in [3.05, 3.63) is 70.7 Å². The summed E-state index contributed by atoms with van der Waals surface area (Å²) in [6, 6.07) is 18.7. The summed E-state index contributed by atoms with van der Waals surface area (Å²) in [6.45, 7) is 0. The van der Waals surface area contributed by atoms with Crippen LogP contribution in [0.2, 0.25) is 10.0 Å². The number of rotatable bonds is 3. The molecule has 3 aromatic carbocycles. The highest BCUT2D eigenvalue weighted by molar-refractivity contribution is 6.35. The molecule has 130 valence electrons. The van der Waals surface area contributed by atoms with E-state index in [0.29, 0.717) is 21.4 Å². The Labute approximate surface area is 160 Å². The molecular weight excluding hydrogens is 371 g/mol. The molecule has 4 rings (SSSR count). The number of nitrogens with zero attached hydrogens (tertiary/aromatic N) is 2. The van der Waals surface area contributed by atoms with Gasteiger partial charge in [-0.15, -0.1) is 9.94 Å². The Hall–Kier alpha value is -2.69. The van der Waals surface area contributed by atoms with E-state index < -0.39 is 0 Å². The van der Waals surface area contributed by atoms with Gasteiger partial charge in [0.2, 0.25) is 0 Å². The molecule has 1 heterocycles. The molecule has 0 bridgehead atoms. The Morgan fingerprint density at radius 3 is 2.27 bits per heavy atom. The summed E-state index contributed by atoms with van der Waals surface area (Å²) >= 11 is 12.1. The molecule has 0 aliphatic carbocycles. The minimum atomic E-state index is 0.515. The fourth-order valence-electron chi connectivity index (χ4n) is 2.92. The van der Waals surface area contributed by atoms with Crippen molar-refractivity contribution in [3.63, 3.8) is 0 Å².